The van der Waals surface area contributed by atoms with Gasteiger partial charge in [0.1, 0.15) is 10.6 Å². The summed E-state index contributed by atoms with van der Waals surface area (Å²) in [5.41, 5.74) is 7.15. The van der Waals surface area contributed by atoms with Gasteiger partial charge in [-0.25, -0.2) is 0 Å². The quantitative estimate of drug-likeness (QED) is 0.318. The molecule has 0 fully saturated rings. The van der Waals surface area contributed by atoms with Crippen LogP contribution in [0.25, 0.3) is 10.8 Å². The molecule has 0 saturated heterocycles. The largest absolute Gasteiger partial charge is 0.505 e. The van der Waals surface area contributed by atoms with Crippen molar-refractivity contribution in [3.05, 3.63) is 59.7 Å². The van der Waals surface area contributed by atoms with Crippen molar-refractivity contribution in [2.75, 3.05) is 11.1 Å². The van der Waals surface area contributed by atoms with E-state index < -0.39 is 26.7 Å². The number of carbonyl (C=O) groups excluding carboxylic acids is 1. The van der Waals surface area contributed by atoms with Crippen LogP contribution < -0.4 is 11.1 Å². The van der Waals surface area contributed by atoms with Crippen LogP contribution >= 0.6 is 0 Å². The summed E-state index contributed by atoms with van der Waals surface area (Å²) in [6, 6.07) is 12.1. The van der Waals surface area contributed by atoms with Gasteiger partial charge in [-0.05, 0) is 36.6 Å². The van der Waals surface area contributed by atoms with Gasteiger partial charge in [-0.2, -0.15) is 8.42 Å². The number of phenols is 1. The van der Waals surface area contributed by atoms with Crippen LogP contribution in [0.15, 0.2) is 53.4 Å². The van der Waals surface area contributed by atoms with Crippen LogP contribution in [0.3, 0.4) is 0 Å². The van der Waals surface area contributed by atoms with Crippen molar-refractivity contribution in [1.29, 1.82) is 0 Å². The van der Waals surface area contributed by atoms with Crippen molar-refractivity contribution < 1.29 is 22.9 Å². The van der Waals surface area contributed by atoms with Crippen LogP contribution in [0.2, 0.25) is 0 Å². The topological polar surface area (TPSA) is 130 Å². The second-order valence-electron chi connectivity index (χ2n) is 5.84. The summed E-state index contributed by atoms with van der Waals surface area (Å²) in [5, 5.41) is 13.3. The highest BCUT2D eigenvalue weighted by Gasteiger charge is 2.20. The summed E-state index contributed by atoms with van der Waals surface area (Å²) in [6.07, 6.45) is 0. The Kier molecular flexibility index (Phi) is 4.31. The van der Waals surface area contributed by atoms with Crippen molar-refractivity contribution in [2.45, 2.75) is 11.8 Å². The monoisotopic (exact) mass is 372 g/mol. The highest BCUT2D eigenvalue weighted by Crippen LogP contribution is 2.37. The number of fused-ring (bicyclic) bond motifs is 1. The molecule has 8 heteroatoms. The van der Waals surface area contributed by atoms with Gasteiger partial charge in [0.15, 0.2) is 0 Å². The standard InChI is InChI=1S/C18H16N2O5S/c1-10-5-7-13(19)12(9-10)18(22)20-14-8-6-11-3-2-4-15(26(23,24)25)16(11)17(14)21/h2-9,21H,19H2,1H3,(H,20,22)(H,23,24,25). The van der Waals surface area contributed by atoms with E-state index in [1.165, 1.54) is 24.3 Å². The molecule has 0 unspecified atom stereocenters. The van der Waals surface area contributed by atoms with Crippen LogP contribution in [0.5, 0.6) is 5.75 Å². The molecule has 3 aromatic carbocycles. The Morgan fingerprint density at radius 1 is 1.12 bits per heavy atom. The number of aryl methyl sites for hydroxylation is 1. The average molecular weight is 372 g/mol. The Bertz CT molecular complexity index is 1140. The maximum Gasteiger partial charge on any atom is 0.295 e. The second kappa shape index (κ2) is 6.32. The van der Waals surface area contributed by atoms with E-state index in [4.69, 9.17) is 5.73 Å². The van der Waals surface area contributed by atoms with Gasteiger partial charge in [-0.3, -0.25) is 9.35 Å². The third-order valence-corrected chi connectivity index (χ3v) is 4.86. The number of hydrogen-bond donors (Lipinski definition) is 4. The number of rotatable bonds is 3. The van der Waals surface area contributed by atoms with Crippen molar-refractivity contribution in [1.82, 2.24) is 0 Å². The van der Waals surface area contributed by atoms with Crippen LogP contribution in [0, 0.1) is 6.92 Å². The molecule has 0 aliphatic carbocycles. The highest BCUT2D eigenvalue weighted by atomic mass is 32.2. The Hall–Kier alpha value is -3.10. The summed E-state index contributed by atoms with van der Waals surface area (Å²) in [6.45, 7) is 1.81. The average Bonchev–Trinajstić information content (AvgIpc) is 2.58. The van der Waals surface area contributed by atoms with E-state index in [2.05, 4.69) is 5.32 Å². The molecule has 0 radical (unpaired) electrons. The summed E-state index contributed by atoms with van der Waals surface area (Å²) in [7, 11) is -4.55. The van der Waals surface area contributed by atoms with Gasteiger partial charge in [-0.1, -0.05) is 29.8 Å². The second-order valence-corrected chi connectivity index (χ2v) is 7.23. The predicted octanol–water partition coefficient (Wildman–Crippen LogP) is 2.94. The Labute approximate surface area is 149 Å². The number of carbonyl (C=O) groups is 1. The highest BCUT2D eigenvalue weighted by molar-refractivity contribution is 7.86. The van der Waals surface area contributed by atoms with Crippen LogP contribution in [-0.2, 0) is 10.1 Å². The minimum absolute atomic E-state index is 0.000457. The molecule has 134 valence electrons. The minimum atomic E-state index is -4.55. The molecule has 0 aliphatic rings. The zero-order chi connectivity index (χ0) is 19.1. The molecular weight excluding hydrogens is 356 g/mol. The minimum Gasteiger partial charge on any atom is -0.505 e. The molecule has 0 bridgehead atoms. The van der Waals surface area contributed by atoms with Gasteiger partial charge >= 0.3 is 0 Å². The Morgan fingerprint density at radius 2 is 1.85 bits per heavy atom. The van der Waals surface area contributed by atoms with E-state index in [-0.39, 0.29) is 22.3 Å². The summed E-state index contributed by atoms with van der Waals surface area (Å²) in [5.74, 6) is -1.01. The van der Waals surface area contributed by atoms with E-state index in [0.29, 0.717) is 5.39 Å². The fourth-order valence-corrected chi connectivity index (χ4v) is 3.42. The number of nitrogen functional groups attached to an aromatic ring is 1. The molecule has 0 aliphatic heterocycles. The first-order valence-corrected chi connectivity index (χ1v) is 9.02. The molecule has 0 heterocycles. The molecule has 26 heavy (non-hydrogen) atoms. The summed E-state index contributed by atoms with van der Waals surface area (Å²) < 4.78 is 32.5. The lowest BCUT2D eigenvalue weighted by atomic mass is 10.1. The number of anilines is 2. The molecule has 1 amide bonds. The van der Waals surface area contributed by atoms with E-state index in [0.717, 1.165) is 5.56 Å². The van der Waals surface area contributed by atoms with Crippen molar-refractivity contribution >= 4 is 38.2 Å². The zero-order valence-corrected chi connectivity index (χ0v) is 14.5. The van der Waals surface area contributed by atoms with Crippen LogP contribution in [0.4, 0.5) is 11.4 Å². The van der Waals surface area contributed by atoms with Gasteiger partial charge in [0.2, 0.25) is 0 Å². The number of nitrogens with two attached hydrogens (primary N) is 1. The number of benzene rings is 3. The molecule has 0 saturated carbocycles. The third-order valence-electron chi connectivity index (χ3n) is 3.96. The number of aromatic hydroxyl groups is 1. The fourth-order valence-electron chi connectivity index (χ4n) is 2.70. The van der Waals surface area contributed by atoms with E-state index in [1.54, 1.807) is 24.3 Å². The lowest BCUT2D eigenvalue weighted by Crippen LogP contribution is -2.14. The zero-order valence-electron chi connectivity index (χ0n) is 13.7. The first kappa shape index (κ1) is 17.7. The first-order chi connectivity index (χ1) is 12.2. The number of amides is 1. The van der Waals surface area contributed by atoms with Crippen LogP contribution in [-0.4, -0.2) is 24.0 Å². The smallest absolute Gasteiger partial charge is 0.295 e. The molecule has 7 nitrogen and oxygen atoms in total. The summed E-state index contributed by atoms with van der Waals surface area (Å²) >= 11 is 0. The van der Waals surface area contributed by atoms with Crippen molar-refractivity contribution in [3.63, 3.8) is 0 Å². The van der Waals surface area contributed by atoms with Gasteiger partial charge in [0, 0.05) is 11.1 Å². The van der Waals surface area contributed by atoms with Gasteiger partial charge in [0.25, 0.3) is 16.0 Å². The molecule has 0 aromatic heterocycles. The molecule has 0 spiro atoms. The normalized spacial score (nSPS) is 11.5. The van der Waals surface area contributed by atoms with E-state index in [1.807, 2.05) is 6.92 Å². The number of hydrogen-bond acceptors (Lipinski definition) is 5. The number of nitrogens with one attached hydrogen (secondary N) is 1. The fraction of sp³-hybridized carbons (Fsp3) is 0.0556. The Morgan fingerprint density at radius 3 is 2.54 bits per heavy atom. The molecule has 5 N–H and O–H groups in total. The third kappa shape index (κ3) is 3.19. The summed E-state index contributed by atoms with van der Waals surface area (Å²) in [4.78, 5) is 12.0. The van der Waals surface area contributed by atoms with Crippen LogP contribution in [0.1, 0.15) is 15.9 Å². The predicted molar refractivity (Wildman–Crippen MR) is 99.0 cm³/mol. The van der Waals surface area contributed by atoms with Gasteiger partial charge < -0.3 is 16.2 Å². The van der Waals surface area contributed by atoms with Crippen molar-refractivity contribution in [3.8, 4) is 5.75 Å². The first-order valence-electron chi connectivity index (χ1n) is 7.58. The lowest BCUT2D eigenvalue weighted by Gasteiger charge is -2.13. The van der Waals surface area contributed by atoms with E-state index >= 15 is 0 Å². The van der Waals surface area contributed by atoms with Gasteiger partial charge in [-0.15, -0.1) is 0 Å². The maximum absolute atomic E-state index is 12.5. The van der Waals surface area contributed by atoms with Crippen molar-refractivity contribution in [2.24, 2.45) is 0 Å². The lowest BCUT2D eigenvalue weighted by molar-refractivity contribution is 0.102. The van der Waals surface area contributed by atoms with Gasteiger partial charge in [0.05, 0.1) is 11.3 Å². The maximum atomic E-state index is 12.5. The molecule has 3 rings (SSSR count). The van der Waals surface area contributed by atoms with E-state index in [9.17, 15) is 22.9 Å². The molecular formula is C18H16N2O5S. The number of phenolic OH excluding ortho intramolecular Hbond substituents is 1. The molecule has 3 aromatic rings. The molecule has 0 atom stereocenters. The Balaban J connectivity index is 2.11. The SMILES string of the molecule is Cc1ccc(N)c(C(=O)Nc2ccc3cccc(S(=O)(=O)O)c3c2O)c1.